The van der Waals surface area contributed by atoms with Gasteiger partial charge in [-0.2, -0.15) is 0 Å². The smallest absolute Gasteiger partial charge is 0.328 e. The van der Waals surface area contributed by atoms with Crippen molar-refractivity contribution in [3.8, 4) is 0 Å². The third-order valence-electron chi connectivity index (χ3n) is 3.28. The van der Waals surface area contributed by atoms with Gasteiger partial charge in [0.25, 0.3) is 0 Å². The van der Waals surface area contributed by atoms with Crippen molar-refractivity contribution in [3.63, 3.8) is 0 Å². The average Bonchev–Trinajstić information content (AvgIpc) is 2.43. The van der Waals surface area contributed by atoms with E-state index in [1.54, 1.807) is 6.07 Å². The van der Waals surface area contributed by atoms with Gasteiger partial charge in [0.2, 0.25) is 0 Å². The number of nitrogens with zero attached hydrogens (tertiary/aromatic N) is 1. The number of carbonyl (C=O) groups excluding carboxylic acids is 1. The fraction of sp³-hybridized carbons (Fsp3) is 0.500. The van der Waals surface area contributed by atoms with Crippen molar-refractivity contribution in [2.45, 2.75) is 13.0 Å². The van der Waals surface area contributed by atoms with E-state index in [1.807, 2.05) is 19.1 Å². The molecule has 6 heteroatoms. The summed E-state index contributed by atoms with van der Waals surface area (Å²) < 4.78 is 6.08. The van der Waals surface area contributed by atoms with Crippen LogP contribution in [0.25, 0.3) is 0 Å². The number of ether oxygens (including phenoxy) is 1. The number of benzene rings is 1. The van der Waals surface area contributed by atoms with E-state index in [2.05, 4.69) is 26.1 Å². The minimum Gasteiger partial charge on any atom is -0.465 e. The molecule has 1 heterocycles. The van der Waals surface area contributed by atoms with Gasteiger partial charge in [-0.25, -0.2) is 4.79 Å². The molecule has 2 rings (SSSR count). The van der Waals surface area contributed by atoms with Gasteiger partial charge in [-0.3, -0.25) is 4.90 Å². The fourth-order valence-corrected chi connectivity index (χ4v) is 3.26. The maximum absolute atomic E-state index is 12.3. The van der Waals surface area contributed by atoms with E-state index in [-0.39, 0.29) is 12.0 Å². The molecule has 4 nitrogen and oxygen atoms in total. The van der Waals surface area contributed by atoms with Gasteiger partial charge in [0.05, 0.1) is 6.61 Å². The Hall–Kier alpha value is -0.620. The normalized spacial score (nSPS) is 17.8. The topological polar surface area (TPSA) is 41.6 Å². The van der Waals surface area contributed by atoms with Crippen molar-refractivity contribution >= 4 is 33.5 Å². The van der Waals surface area contributed by atoms with E-state index in [1.165, 1.54) is 0 Å². The zero-order valence-corrected chi connectivity index (χ0v) is 13.7. The summed E-state index contributed by atoms with van der Waals surface area (Å²) in [6, 6.07) is 5.11. The monoisotopic (exact) mass is 360 g/mol. The predicted molar refractivity (Wildman–Crippen MR) is 83.0 cm³/mol. The maximum Gasteiger partial charge on any atom is 0.328 e. The van der Waals surface area contributed by atoms with E-state index in [0.717, 1.165) is 36.2 Å². The molecule has 1 aliphatic rings. The minimum absolute atomic E-state index is 0.211. The Bertz CT molecular complexity index is 478. The van der Waals surface area contributed by atoms with Crippen LogP contribution in [0.4, 0.5) is 0 Å². The Morgan fingerprint density at radius 3 is 2.80 bits per heavy atom. The molecule has 110 valence electrons. The minimum atomic E-state index is -0.385. The van der Waals surface area contributed by atoms with Crippen LogP contribution in [0.5, 0.6) is 0 Å². The van der Waals surface area contributed by atoms with Crippen molar-refractivity contribution in [3.05, 3.63) is 33.3 Å². The third kappa shape index (κ3) is 3.73. The highest BCUT2D eigenvalue weighted by Gasteiger charge is 2.31. The zero-order valence-electron chi connectivity index (χ0n) is 11.4. The molecule has 1 unspecified atom stereocenters. The molecule has 0 aromatic heterocycles. The van der Waals surface area contributed by atoms with Crippen LogP contribution < -0.4 is 5.32 Å². The Kier molecular flexibility index (Phi) is 5.84. The van der Waals surface area contributed by atoms with E-state index in [4.69, 9.17) is 16.3 Å². The summed E-state index contributed by atoms with van der Waals surface area (Å²) in [7, 11) is 0. The summed E-state index contributed by atoms with van der Waals surface area (Å²) in [5.74, 6) is -0.211. The van der Waals surface area contributed by atoms with Crippen molar-refractivity contribution in [2.24, 2.45) is 0 Å². The van der Waals surface area contributed by atoms with Gasteiger partial charge in [0.15, 0.2) is 0 Å². The highest BCUT2D eigenvalue weighted by atomic mass is 79.9. The van der Waals surface area contributed by atoms with Crippen LogP contribution in [0.15, 0.2) is 22.7 Å². The lowest BCUT2D eigenvalue weighted by molar-refractivity contribution is -0.150. The van der Waals surface area contributed by atoms with Crippen molar-refractivity contribution < 1.29 is 9.53 Å². The molecule has 0 saturated carbocycles. The molecule has 1 atom stereocenters. The molecule has 1 aromatic carbocycles. The van der Waals surface area contributed by atoms with Gasteiger partial charge in [0, 0.05) is 35.7 Å². The summed E-state index contributed by atoms with van der Waals surface area (Å²) in [6.07, 6.45) is 0. The van der Waals surface area contributed by atoms with Crippen LogP contribution in [0.3, 0.4) is 0 Å². The lowest BCUT2D eigenvalue weighted by atomic mass is 10.0. The number of piperazine rings is 1. The number of carbonyl (C=O) groups is 1. The highest BCUT2D eigenvalue weighted by molar-refractivity contribution is 9.10. The summed E-state index contributed by atoms with van der Waals surface area (Å²) in [5, 5.41) is 3.93. The molecule has 1 fully saturated rings. The highest BCUT2D eigenvalue weighted by Crippen LogP contribution is 2.31. The second-order valence-corrected chi connectivity index (χ2v) is 5.90. The third-order valence-corrected chi connectivity index (χ3v) is 4.21. The lowest BCUT2D eigenvalue weighted by Crippen LogP contribution is -2.47. The predicted octanol–water partition coefficient (Wildman–Crippen LogP) is 2.61. The SMILES string of the molecule is CCOC(=O)C(c1ccc(Cl)cc1Br)N1CCNCC1. The fourth-order valence-electron chi connectivity index (χ4n) is 2.36. The van der Waals surface area contributed by atoms with Crippen LogP contribution in [-0.4, -0.2) is 43.7 Å². The van der Waals surface area contributed by atoms with E-state index in [0.29, 0.717) is 11.6 Å². The summed E-state index contributed by atoms with van der Waals surface area (Å²) >= 11 is 9.48. The quantitative estimate of drug-likeness (QED) is 0.837. The van der Waals surface area contributed by atoms with E-state index in [9.17, 15) is 4.79 Å². The standard InChI is InChI=1S/C14H18BrClN2O2/c1-2-20-14(19)13(18-7-5-17-6-8-18)11-4-3-10(16)9-12(11)15/h3-4,9,13,17H,2,5-8H2,1H3. The molecule has 0 spiro atoms. The Morgan fingerprint density at radius 2 is 2.20 bits per heavy atom. The number of halogens is 2. The number of esters is 1. The van der Waals surface area contributed by atoms with Gasteiger partial charge < -0.3 is 10.1 Å². The number of hydrogen-bond donors (Lipinski definition) is 1. The van der Waals surface area contributed by atoms with Gasteiger partial charge in [-0.15, -0.1) is 0 Å². The summed E-state index contributed by atoms with van der Waals surface area (Å²) in [5.41, 5.74) is 0.898. The van der Waals surface area contributed by atoms with Crippen molar-refractivity contribution in [1.29, 1.82) is 0 Å². The molecular weight excluding hydrogens is 344 g/mol. The Labute approximate surface area is 132 Å². The lowest BCUT2D eigenvalue weighted by Gasteiger charge is -2.34. The van der Waals surface area contributed by atoms with Crippen LogP contribution >= 0.6 is 27.5 Å². The molecular formula is C14H18BrClN2O2. The molecule has 1 N–H and O–H groups in total. The molecule has 0 amide bonds. The maximum atomic E-state index is 12.3. The second-order valence-electron chi connectivity index (χ2n) is 4.61. The Balaban J connectivity index is 2.31. The zero-order chi connectivity index (χ0) is 14.5. The first-order chi connectivity index (χ1) is 9.63. The summed E-state index contributed by atoms with van der Waals surface area (Å²) in [4.78, 5) is 14.5. The molecule has 0 bridgehead atoms. The van der Waals surface area contributed by atoms with Gasteiger partial charge >= 0.3 is 5.97 Å². The largest absolute Gasteiger partial charge is 0.465 e. The van der Waals surface area contributed by atoms with E-state index >= 15 is 0 Å². The van der Waals surface area contributed by atoms with Crippen LogP contribution in [0.1, 0.15) is 18.5 Å². The molecule has 20 heavy (non-hydrogen) atoms. The molecule has 0 aliphatic carbocycles. The van der Waals surface area contributed by atoms with E-state index < -0.39 is 0 Å². The molecule has 1 aromatic rings. The van der Waals surface area contributed by atoms with Crippen LogP contribution in [0.2, 0.25) is 5.02 Å². The van der Waals surface area contributed by atoms with Crippen molar-refractivity contribution in [2.75, 3.05) is 32.8 Å². The number of rotatable bonds is 4. The number of nitrogens with one attached hydrogen (secondary N) is 1. The second kappa shape index (κ2) is 7.41. The van der Waals surface area contributed by atoms with Crippen LogP contribution in [-0.2, 0) is 9.53 Å². The first-order valence-electron chi connectivity index (χ1n) is 6.70. The van der Waals surface area contributed by atoms with Gasteiger partial charge in [0.1, 0.15) is 6.04 Å². The number of hydrogen-bond acceptors (Lipinski definition) is 4. The first-order valence-corrected chi connectivity index (χ1v) is 7.87. The molecule has 0 radical (unpaired) electrons. The summed E-state index contributed by atoms with van der Waals surface area (Å²) in [6.45, 7) is 5.59. The first kappa shape index (κ1) is 15.8. The Morgan fingerprint density at radius 1 is 1.50 bits per heavy atom. The van der Waals surface area contributed by atoms with Gasteiger partial charge in [-0.05, 0) is 24.6 Å². The van der Waals surface area contributed by atoms with Crippen molar-refractivity contribution in [1.82, 2.24) is 10.2 Å². The molecule has 1 aliphatic heterocycles. The van der Waals surface area contributed by atoms with Gasteiger partial charge in [-0.1, -0.05) is 33.6 Å². The molecule has 1 saturated heterocycles. The van der Waals surface area contributed by atoms with Crippen LogP contribution in [0, 0.1) is 0 Å². The average molecular weight is 362 g/mol.